The van der Waals surface area contributed by atoms with Crippen LogP contribution in [0.2, 0.25) is 0 Å². The van der Waals surface area contributed by atoms with Gasteiger partial charge in [0.25, 0.3) is 0 Å². The number of aromatic nitrogens is 1. The van der Waals surface area contributed by atoms with Gasteiger partial charge in [0.15, 0.2) is 0 Å². The fraction of sp³-hybridized carbons (Fsp3) is 0.467. The van der Waals surface area contributed by atoms with E-state index in [1.54, 1.807) is 7.11 Å². The molecule has 1 atom stereocenters. The van der Waals surface area contributed by atoms with Crippen LogP contribution in [0, 0.1) is 0 Å². The highest BCUT2D eigenvalue weighted by atomic mass is 16.5. The molecule has 0 aliphatic carbocycles. The van der Waals surface area contributed by atoms with Crippen molar-refractivity contribution in [2.45, 2.75) is 39.3 Å². The number of rotatable bonds is 5. The highest BCUT2D eigenvalue weighted by molar-refractivity contribution is 5.85. The molecular weight excluding hydrogens is 224 g/mol. The van der Waals surface area contributed by atoms with Crippen LogP contribution in [0.3, 0.4) is 0 Å². The number of hydrogen-bond acceptors (Lipinski definition) is 2. The average molecular weight is 246 g/mol. The maximum atomic E-state index is 5.85. The number of hydrogen-bond donors (Lipinski definition) is 1. The summed E-state index contributed by atoms with van der Waals surface area (Å²) in [5.74, 6) is 0.915. The first-order valence-corrected chi connectivity index (χ1v) is 6.57. The lowest BCUT2D eigenvalue weighted by Crippen LogP contribution is -2.15. The Bertz CT molecular complexity index is 529. The molecule has 0 amide bonds. The van der Waals surface area contributed by atoms with Crippen LogP contribution in [0.15, 0.2) is 24.4 Å². The first-order chi connectivity index (χ1) is 8.65. The topological polar surface area (TPSA) is 40.2 Å². The van der Waals surface area contributed by atoms with Crippen LogP contribution in [0.25, 0.3) is 10.9 Å². The monoisotopic (exact) mass is 246 g/mol. The zero-order valence-electron chi connectivity index (χ0n) is 11.4. The first-order valence-electron chi connectivity index (χ1n) is 6.57. The van der Waals surface area contributed by atoms with Gasteiger partial charge in [0.05, 0.1) is 7.11 Å². The van der Waals surface area contributed by atoms with Crippen molar-refractivity contribution in [2.75, 3.05) is 7.11 Å². The van der Waals surface area contributed by atoms with Crippen molar-refractivity contribution in [3.63, 3.8) is 0 Å². The summed E-state index contributed by atoms with van der Waals surface area (Å²) in [6.07, 6.45) is 4.28. The van der Waals surface area contributed by atoms with Crippen LogP contribution in [-0.2, 0) is 13.0 Å². The van der Waals surface area contributed by atoms with Crippen molar-refractivity contribution in [3.8, 4) is 5.75 Å². The minimum Gasteiger partial charge on any atom is -0.497 e. The van der Waals surface area contributed by atoms with Crippen molar-refractivity contribution < 1.29 is 4.74 Å². The minimum absolute atomic E-state index is 0.246. The van der Waals surface area contributed by atoms with Crippen molar-refractivity contribution in [1.29, 1.82) is 0 Å². The summed E-state index contributed by atoms with van der Waals surface area (Å²) in [6.45, 7) is 5.21. The van der Waals surface area contributed by atoms with Crippen LogP contribution in [0.5, 0.6) is 5.75 Å². The molecule has 1 heterocycles. The highest BCUT2D eigenvalue weighted by Gasteiger charge is 2.09. The summed E-state index contributed by atoms with van der Waals surface area (Å²) < 4.78 is 7.59. The molecule has 2 aromatic rings. The standard InChI is InChI=1S/C15H22N2O/c1-4-17-10-12(6-5-11(2)16)14-9-13(18-3)7-8-15(14)17/h7-11H,4-6,16H2,1-3H3/t11-/m1/s1. The van der Waals surface area contributed by atoms with E-state index < -0.39 is 0 Å². The average Bonchev–Trinajstić information content (AvgIpc) is 2.73. The zero-order chi connectivity index (χ0) is 13.1. The predicted molar refractivity (Wildman–Crippen MR) is 76.1 cm³/mol. The van der Waals surface area contributed by atoms with Crippen LogP contribution in [-0.4, -0.2) is 17.7 Å². The summed E-state index contributed by atoms with van der Waals surface area (Å²) in [4.78, 5) is 0. The Balaban J connectivity index is 2.43. The van der Waals surface area contributed by atoms with Crippen molar-refractivity contribution in [2.24, 2.45) is 5.73 Å². The van der Waals surface area contributed by atoms with Gasteiger partial charge in [-0.25, -0.2) is 0 Å². The van der Waals surface area contributed by atoms with E-state index in [0.29, 0.717) is 0 Å². The molecule has 0 aliphatic heterocycles. The molecule has 0 aliphatic rings. The molecule has 0 saturated heterocycles. The lowest BCUT2D eigenvalue weighted by Gasteiger charge is -2.04. The first kappa shape index (κ1) is 13.0. The third kappa shape index (κ3) is 2.51. The Labute approximate surface area is 109 Å². The normalized spacial score (nSPS) is 12.9. The van der Waals surface area contributed by atoms with Gasteiger partial charge in [0.2, 0.25) is 0 Å². The van der Waals surface area contributed by atoms with E-state index in [-0.39, 0.29) is 6.04 Å². The second-order valence-electron chi connectivity index (χ2n) is 4.84. The minimum atomic E-state index is 0.246. The number of nitrogens with zero attached hydrogens (tertiary/aromatic N) is 1. The smallest absolute Gasteiger partial charge is 0.119 e. The molecule has 1 aromatic heterocycles. The Morgan fingerprint density at radius 1 is 1.39 bits per heavy atom. The van der Waals surface area contributed by atoms with E-state index in [9.17, 15) is 0 Å². The molecule has 2 rings (SSSR count). The summed E-state index contributed by atoms with van der Waals surface area (Å²) in [7, 11) is 1.71. The number of methoxy groups -OCH3 is 1. The Morgan fingerprint density at radius 2 is 2.17 bits per heavy atom. The molecule has 18 heavy (non-hydrogen) atoms. The Morgan fingerprint density at radius 3 is 2.78 bits per heavy atom. The van der Waals surface area contributed by atoms with Gasteiger partial charge in [-0.3, -0.25) is 0 Å². The van der Waals surface area contributed by atoms with Gasteiger partial charge >= 0.3 is 0 Å². The third-order valence-corrected chi connectivity index (χ3v) is 3.38. The number of fused-ring (bicyclic) bond motifs is 1. The van der Waals surface area contributed by atoms with E-state index in [1.807, 2.05) is 6.07 Å². The van der Waals surface area contributed by atoms with E-state index in [0.717, 1.165) is 25.1 Å². The predicted octanol–water partition coefficient (Wildman–Crippen LogP) is 2.95. The molecular formula is C15H22N2O. The van der Waals surface area contributed by atoms with Gasteiger partial charge in [-0.1, -0.05) is 0 Å². The van der Waals surface area contributed by atoms with E-state index >= 15 is 0 Å². The summed E-state index contributed by atoms with van der Waals surface area (Å²) >= 11 is 0. The van der Waals surface area contributed by atoms with Crippen molar-refractivity contribution >= 4 is 10.9 Å². The van der Waals surface area contributed by atoms with Gasteiger partial charge in [-0.15, -0.1) is 0 Å². The number of ether oxygens (including phenoxy) is 1. The largest absolute Gasteiger partial charge is 0.497 e. The number of benzene rings is 1. The molecule has 0 bridgehead atoms. The van der Waals surface area contributed by atoms with Gasteiger partial charge < -0.3 is 15.0 Å². The SMILES string of the molecule is CCn1cc(CC[C@@H](C)N)c2cc(OC)ccc21. The van der Waals surface area contributed by atoms with E-state index in [1.165, 1.54) is 16.5 Å². The van der Waals surface area contributed by atoms with Gasteiger partial charge in [-0.2, -0.15) is 0 Å². The Hall–Kier alpha value is -1.48. The summed E-state index contributed by atoms with van der Waals surface area (Å²) in [6, 6.07) is 6.52. The van der Waals surface area contributed by atoms with Crippen LogP contribution in [0.4, 0.5) is 0 Å². The molecule has 0 saturated carbocycles. The maximum absolute atomic E-state index is 5.85. The molecule has 98 valence electrons. The van der Waals surface area contributed by atoms with Crippen LogP contribution < -0.4 is 10.5 Å². The summed E-state index contributed by atoms with van der Waals surface area (Å²) in [5, 5.41) is 1.29. The second kappa shape index (κ2) is 5.44. The van der Waals surface area contributed by atoms with Crippen molar-refractivity contribution in [1.82, 2.24) is 4.57 Å². The fourth-order valence-corrected chi connectivity index (χ4v) is 2.32. The van der Waals surface area contributed by atoms with Crippen molar-refractivity contribution in [3.05, 3.63) is 30.0 Å². The van der Waals surface area contributed by atoms with Gasteiger partial charge in [0, 0.05) is 29.7 Å². The van der Waals surface area contributed by atoms with E-state index in [2.05, 4.69) is 36.7 Å². The van der Waals surface area contributed by atoms with E-state index in [4.69, 9.17) is 10.5 Å². The van der Waals surface area contributed by atoms with Crippen LogP contribution >= 0.6 is 0 Å². The molecule has 0 fully saturated rings. The molecule has 3 heteroatoms. The van der Waals surface area contributed by atoms with Crippen LogP contribution in [0.1, 0.15) is 25.8 Å². The molecule has 3 nitrogen and oxygen atoms in total. The lowest BCUT2D eigenvalue weighted by atomic mass is 10.1. The van der Waals surface area contributed by atoms with Gasteiger partial charge in [0.1, 0.15) is 5.75 Å². The van der Waals surface area contributed by atoms with Gasteiger partial charge in [-0.05, 0) is 50.5 Å². The number of nitrogens with two attached hydrogens (primary N) is 1. The number of aryl methyl sites for hydroxylation is 2. The molecule has 2 N–H and O–H groups in total. The zero-order valence-corrected chi connectivity index (χ0v) is 11.4. The maximum Gasteiger partial charge on any atom is 0.119 e. The summed E-state index contributed by atoms with van der Waals surface area (Å²) in [5.41, 5.74) is 8.49. The Kier molecular flexibility index (Phi) is 3.92. The third-order valence-electron chi connectivity index (χ3n) is 3.38. The highest BCUT2D eigenvalue weighted by Crippen LogP contribution is 2.27. The molecule has 1 aromatic carbocycles. The molecule has 0 spiro atoms. The lowest BCUT2D eigenvalue weighted by molar-refractivity contribution is 0.415. The molecule has 0 unspecified atom stereocenters. The quantitative estimate of drug-likeness (QED) is 0.881. The fourth-order valence-electron chi connectivity index (χ4n) is 2.32. The second-order valence-corrected chi connectivity index (χ2v) is 4.84. The molecule has 0 radical (unpaired) electrons.